The second kappa shape index (κ2) is 4.45. The van der Waals surface area contributed by atoms with E-state index in [-0.39, 0.29) is 6.61 Å². The Kier molecular flexibility index (Phi) is 3.28. The minimum atomic E-state index is -0.987. The lowest BCUT2D eigenvalue weighted by Crippen LogP contribution is -2.45. The van der Waals surface area contributed by atoms with E-state index < -0.39 is 12.1 Å². The minimum Gasteiger partial charge on any atom is -0.478 e. The van der Waals surface area contributed by atoms with Crippen LogP contribution in [0.5, 0.6) is 0 Å². The summed E-state index contributed by atoms with van der Waals surface area (Å²) in [6.45, 7) is 4.25. The molecule has 1 rings (SSSR count). The molecular formula is C9H11NO4. The van der Waals surface area contributed by atoms with Crippen molar-refractivity contribution in [2.45, 2.75) is 0 Å². The molecule has 1 saturated heterocycles. The maximum atomic E-state index is 11.1. The average Bonchev–Trinajstić information content (AvgIpc) is 2.06. The van der Waals surface area contributed by atoms with Crippen LogP contribution in [0.25, 0.3) is 0 Å². The predicted octanol–water partition coefficient (Wildman–Crippen LogP) is 0.636. The number of carbonyl (C=O) groups excluding carboxylic acids is 1. The topological polar surface area (TPSA) is 66.8 Å². The number of carboxylic acids is 1. The summed E-state index contributed by atoms with van der Waals surface area (Å²) in [6, 6.07) is 0. The number of likely N-dealkylation sites (tertiary alicyclic amines) is 1. The van der Waals surface area contributed by atoms with Gasteiger partial charge in [0.05, 0.1) is 0 Å². The van der Waals surface area contributed by atoms with Crippen molar-refractivity contribution in [3.05, 3.63) is 24.3 Å². The van der Waals surface area contributed by atoms with Gasteiger partial charge in [-0.05, 0) is 5.57 Å². The second-order valence-corrected chi connectivity index (χ2v) is 2.86. The summed E-state index contributed by atoms with van der Waals surface area (Å²) in [6.07, 6.45) is 2.15. The number of rotatable bonds is 3. The smallest absolute Gasteiger partial charge is 0.410 e. The minimum absolute atomic E-state index is 0.174. The van der Waals surface area contributed by atoms with Crippen molar-refractivity contribution in [3.8, 4) is 0 Å². The Balaban J connectivity index is 2.30. The van der Waals surface area contributed by atoms with Gasteiger partial charge < -0.3 is 14.7 Å². The zero-order valence-corrected chi connectivity index (χ0v) is 7.60. The zero-order chi connectivity index (χ0) is 10.6. The summed E-state index contributed by atoms with van der Waals surface area (Å²) < 4.78 is 4.74. The first-order valence-corrected chi connectivity index (χ1v) is 4.08. The first-order valence-electron chi connectivity index (χ1n) is 4.08. The second-order valence-electron chi connectivity index (χ2n) is 2.86. The van der Waals surface area contributed by atoms with Gasteiger partial charge in [0.15, 0.2) is 0 Å². The number of carbonyl (C=O) groups is 2. The van der Waals surface area contributed by atoms with E-state index in [1.807, 2.05) is 0 Å². The Morgan fingerprint density at radius 2 is 2.21 bits per heavy atom. The van der Waals surface area contributed by atoms with E-state index in [4.69, 9.17) is 9.84 Å². The van der Waals surface area contributed by atoms with Crippen LogP contribution >= 0.6 is 0 Å². The van der Waals surface area contributed by atoms with Crippen LogP contribution in [0.3, 0.4) is 0 Å². The van der Waals surface area contributed by atoms with E-state index in [1.165, 1.54) is 11.0 Å². The molecule has 0 spiro atoms. The Hall–Kier alpha value is -1.78. The molecule has 0 aromatic heterocycles. The highest BCUT2D eigenvalue weighted by Gasteiger charge is 2.26. The first kappa shape index (κ1) is 10.3. The molecule has 0 bridgehead atoms. The average molecular weight is 197 g/mol. The van der Waals surface area contributed by atoms with Crippen LogP contribution in [0.15, 0.2) is 24.3 Å². The molecule has 0 atom stereocenters. The van der Waals surface area contributed by atoms with Gasteiger partial charge in [-0.25, -0.2) is 9.59 Å². The lowest BCUT2D eigenvalue weighted by Gasteiger charge is -2.32. The fourth-order valence-electron chi connectivity index (χ4n) is 1.06. The molecule has 5 nitrogen and oxygen atoms in total. The summed E-state index contributed by atoms with van der Waals surface area (Å²) in [5.41, 5.74) is 0.716. The van der Waals surface area contributed by atoms with E-state index in [2.05, 4.69) is 6.58 Å². The molecule has 14 heavy (non-hydrogen) atoms. The maximum absolute atomic E-state index is 11.1. The Morgan fingerprint density at radius 3 is 2.71 bits per heavy atom. The van der Waals surface area contributed by atoms with Gasteiger partial charge in [-0.3, -0.25) is 0 Å². The van der Waals surface area contributed by atoms with Gasteiger partial charge in [-0.1, -0.05) is 12.7 Å². The molecule has 0 unspecified atom stereocenters. The third-order valence-corrected chi connectivity index (χ3v) is 1.70. The molecule has 0 aromatic rings. The van der Waals surface area contributed by atoms with Crippen molar-refractivity contribution in [1.82, 2.24) is 4.90 Å². The normalized spacial score (nSPS) is 14.3. The highest BCUT2D eigenvalue weighted by atomic mass is 16.6. The van der Waals surface area contributed by atoms with Gasteiger partial charge in [0.2, 0.25) is 0 Å². The highest BCUT2D eigenvalue weighted by molar-refractivity contribution is 5.82. The number of aliphatic carboxylic acids is 1. The molecule has 1 aliphatic rings. The molecule has 76 valence electrons. The fourth-order valence-corrected chi connectivity index (χ4v) is 1.06. The van der Waals surface area contributed by atoms with Crippen LogP contribution in [0.1, 0.15) is 0 Å². The fraction of sp³-hybridized carbons (Fsp3) is 0.333. The lowest BCUT2D eigenvalue weighted by atomic mass is 10.1. The van der Waals surface area contributed by atoms with Crippen LogP contribution < -0.4 is 0 Å². The molecular weight excluding hydrogens is 186 g/mol. The zero-order valence-electron chi connectivity index (χ0n) is 7.60. The van der Waals surface area contributed by atoms with Crippen molar-refractivity contribution in [2.75, 3.05) is 19.7 Å². The summed E-state index contributed by atoms with van der Waals surface area (Å²) in [7, 11) is 0. The van der Waals surface area contributed by atoms with Crippen LogP contribution in [0.4, 0.5) is 4.79 Å². The largest absolute Gasteiger partial charge is 0.478 e. The Bertz CT molecular complexity index is 287. The van der Waals surface area contributed by atoms with Crippen molar-refractivity contribution in [3.63, 3.8) is 0 Å². The van der Waals surface area contributed by atoms with E-state index in [0.717, 1.165) is 6.08 Å². The van der Waals surface area contributed by atoms with Crippen LogP contribution in [0, 0.1) is 0 Å². The van der Waals surface area contributed by atoms with E-state index >= 15 is 0 Å². The van der Waals surface area contributed by atoms with Crippen molar-refractivity contribution in [2.24, 2.45) is 0 Å². The molecule has 0 saturated carbocycles. The standard InChI is InChI=1S/C9H11NO4/c1-2-3-14-9(13)10-5-7(6-10)4-8(11)12/h2,4H,1,3,5-6H2,(H,11,12). The molecule has 5 heteroatoms. The molecule has 1 aliphatic heterocycles. The molecule has 1 heterocycles. The molecule has 0 aliphatic carbocycles. The molecule has 1 amide bonds. The van der Waals surface area contributed by atoms with Gasteiger partial charge in [-0.2, -0.15) is 0 Å². The molecule has 1 N–H and O–H groups in total. The first-order chi connectivity index (χ1) is 6.63. The molecule has 0 radical (unpaired) electrons. The summed E-state index contributed by atoms with van der Waals surface area (Å²) >= 11 is 0. The number of ether oxygens (including phenoxy) is 1. The Morgan fingerprint density at radius 1 is 1.57 bits per heavy atom. The Labute approximate surface area is 81.3 Å². The van der Waals surface area contributed by atoms with Crippen molar-refractivity contribution >= 4 is 12.1 Å². The van der Waals surface area contributed by atoms with Gasteiger partial charge >= 0.3 is 12.1 Å². The predicted molar refractivity (Wildman–Crippen MR) is 48.8 cm³/mol. The number of amides is 1. The quantitative estimate of drug-likeness (QED) is 0.532. The van der Waals surface area contributed by atoms with Gasteiger partial charge in [-0.15, -0.1) is 0 Å². The van der Waals surface area contributed by atoms with Crippen LogP contribution in [0.2, 0.25) is 0 Å². The third kappa shape index (κ3) is 2.62. The SMILES string of the molecule is C=CCOC(=O)N1CC(=CC(=O)O)C1. The summed E-state index contributed by atoms with van der Waals surface area (Å²) in [5, 5.41) is 8.39. The third-order valence-electron chi connectivity index (χ3n) is 1.70. The number of hydrogen-bond acceptors (Lipinski definition) is 3. The van der Waals surface area contributed by atoms with Gasteiger partial charge in [0.25, 0.3) is 0 Å². The molecule has 1 fully saturated rings. The van der Waals surface area contributed by atoms with Crippen molar-refractivity contribution < 1.29 is 19.4 Å². The van der Waals surface area contributed by atoms with E-state index in [0.29, 0.717) is 18.7 Å². The number of nitrogens with zero attached hydrogens (tertiary/aromatic N) is 1. The molecule has 0 aromatic carbocycles. The lowest BCUT2D eigenvalue weighted by molar-refractivity contribution is -0.131. The number of carboxylic acid groups (broad SMARTS) is 1. The summed E-state index contributed by atoms with van der Waals surface area (Å²) in [4.78, 5) is 22.7. The highest BCUT2D eigenvalue weighted by Crippen LogP contribution is 2.14. The van der Waals surface area contributed by atoms with Crippen LogP contribution in [-0.2, 0) is 9.53 Å². The maximum Gasteiger partial charge on any atom is 0.410 e. The van der Waals surface area contributed by atoms with Gasteiger partial charge in [0, 0.05) is 19.2 Å². The van der Waals surface area contributed by atoms with Crippen LogP contribution in [-0.4, -0.2) is 41.8 Å². The van der Waals surface area contributed by atoms with E-state index in [9.17, 15) is 9.59 Å². The van der Waals surface area contributed by atoms with E-state index in [1.54, 1.807) is 0 Å². The monoisotopic (exact) mass is 197 g/mol. The van der Waals surface area contributed by atoms with Crippen molar-refractivity contribution in [1.29, 1.82) is 0 Å². The number of hydrogen-bond donors (Lipinski definition) is 1. The van der Waals surface area contributed by atoms with Gasteiger partial charge in [0.1, 0.15) is 6.61 Å². The summed E-state index contributed by atoms with van der Waals surface area (Å²) in [5.74, 6) is -0.987.